The number of aromatic nitrogens is 4. The van der Waals surface area contributed by atoms with Crippen LogP contribution in [0.5, 0.6) is 0 Å². The molecule has 2 aliphatic carbocycles. The Kier molecular flexibility index (Phi) is 17.7. The summed E-state index contributed by atoms with van der Waals surface area (Å²) < 4.78 is 10.7. The third-order valence-corrected chi connectivity index (χ3v) is 25.8. The Bertz CT molecular complexity index is 7820. The molecule has 576 valence electrons. The van der Waals surface area contributed by atoms with Crippen molar-refractivity contribution in [2.45, 2.75) is 38.5 Å². The molecular weight excluding hydrogens is 1530 g/mol. The average Bonchev–Trinajstić information content (AvgIpc) is 1.58. The number of fused-ring (bicyclic) bond motifs is 18. The number of nitrogens with zero attached hydrogens (tertiary/aromatic N) is 5. The van der Waals surface area contributed by atoms with E-state index >= 15 is 0 Å². The molecule has 0 saturated heterocycles. The molecule has 2 aliphatic rings. The Hall–Kier alpha value is -14.8. The van der Waals surface area contributed by atoms with Crippen LogP contribution in [0.15, 0.2) is 429 Å². The molecule has 0 atom stereocenters. The molecule has 4 heterocycles. The second-order valence-electron chi connectivity index (χ2n) is 33.0. The van der Waals surface area contributed by atoms with Crippen molar-refractivity contribution in [3.05, 3.63) is 451 Å². The van der Waals surface area contributed by atoms with E-state index in [9.17, 15) is 0 Å². The standard InChI is InChI=1S/C57H41N3.C33H24BrN.C24H18N2/c1-57(2)51-25-12-9-22-45(51)46-32-29-43(36-52(46)57)60-54-27-14-11-23-47(54)49-31-28-39(35-55(49)60)38-16-15-21-42(34-38)58(40-17-5-3-6-18-40)44-30-33-50-48-24-10-13-26-53(48)59(56(50)37-44)41-19-7-4-8-20-41;1-33(2)29-12-5-3-10-25(29)26-17-15-24(20-30(26)33)35-31-13-6-4-11-27(31)28-16-14-22(19-32(28)35)21-8-7-9-23(34)18-21;1-3-9-18(10-4-1)25-19-15-16-22-21-13-7-8-14-23(21)26(24(22)17-19)20-11-5-2-6-12-20/h3-37H,1-2H3;3-20H,1-2H3;1-17,25H. The third-order valence-electron chi connectivity index (χ3n) is 25.3. The van der Waals surface area contributed by atoms with Gasteiger partial charge in [0.2, 0.25) is 0 Å². The van der Waals surface area contributed by atoms with Crippen LogP contribution >= 0.6 is 15.9 Å². The monoisotopic (exact) mass is 1610 g/mol. The Labute approximate surface area is 712 Å². The summed E-state index contributed by atoms with van der Waals surface area (Å²) in [4.78, 5) is 2.38. The normalized spacial score (nSPS) is 12.8. The molecule has 121 heavy (non-hydrogen) atoms. The van der Waals surface area contributed by atoms with Gasteiger partial charge in [0.05, 0.1) is 44.1 Å². The van der Waals surface area contributed by atoms with Crippen molar-refractivity contribution in [2.75, 3.05) is 10.2 Å². The Morgan fingerprint density at radius 2 is 0.562 bits per heavy atom. The van der Waals surface area contributed by atoms with Gasteiger partial charge in [0.25, 0.3) is 0 Å². The lowest BCUT2D eigenvalue weighted by atomic mass is 9.82. The summed E-state index contributed by atoms with van der Waals surface area (Å²) in [5, 5.41) is 13.6. The average molecular weight is 1620 g/mol. The van der Waals surface area contributed by atoms with Crippen molar-refractivity contribution >= 4 is 132 Å². The van der Waals surface area contributed by atoms with Crippen LogP contribution in [0.3, 0.4) is 0 Å². The summed E-state index contributed by atoms with van der Waals surface area (Å²) in [6.45, 7) is 9.41. The molecule has 24 rings (SSSR count). The molecule has 0 amide bonds. The first-order valence-corrected chi connectivity index (χ1v) is 42.5. The van der Waals surface area contributed by atoms with Gasteiger partial charge in [0, 0.05) is 110 Å². The largest absolute Gasteiger partial charge is 0.355 e. The van der Waals surface area contributed by atoms with Gasteiger partial charge in [-0.05, 0) is 224 Å². The third kappa shape index (κ3) is 12.4. The lowest BCUT2D eigenvalue weighted by Crippen LogP contribution is -2.15. The summed E-state index contributed by atoms with van der Waals surface area (Å²) in [5.74, 6) is 0. The maximum atomic E-state index is 3.63. The van der Waals surface area contributed by atoms with Crippen molar-refractivity contribution in [1.82, 2.24) is 18.3 Å². The minimum absolute atomic E-state index is 0.0256. The molecule has 4 aromatic heterocycles. The number of hydrogen-bond donors (Lipinski definition) is 1. The fourth-order valence-electron chi connectivity index (χ4n) is 19.6. The molecule has 0 saturated carbocycles. The molecule has 0 unspecified atom stereocenters. The second kappa shape index (κ2) is 29.4. The van der Waals surface area contributed by atoms with E-state index in [1.165, 1.54) is 165 Å². The van der Waals surface area contributed by atoms with Crippen molar-refractivity contribution < 1.29 is 0 Å². The highest BCUT2D eigenvalue weighted by Gasteiger charge is 2.37. The first kappa shape index (κ1) is 72.7. The molecule has 6 nitrogen and oxygen atoms in total. The highest BCUT2D eigenvalue weighted by atomic mass is 79.9. The molecule has 7 heteroatoms. The zero-order valence-corrected chi connectivity index (χ0v) is 69.1. The molecule has 0 radical (unpaired) electrons. The first-order chi connectivity index (χ1) is 59.4. The van der Waals surface area contributed by atoms with Crippen molar-refractivity contribution in [1.29, 1.82) is 0 Å². The second-order valence-corrected chi connectivity index (χ2v) is 33.9. The summed E-state index contributed by atoms with van der Waals surface area (Å²) in [6, 6.07) is 154. The van der Waals surface area contributed by atoms with E-state index in [1.54, 1.807) is 0 Å². The van der Waals surface area contributed by atoms with Gasteiger partial charge < -0.3 is 28.5 Å². The summed E-state index contributed by atoms with van der Waals surface area (Å²) in [5.41, 5.74) is 35.5. The van der Waals surface area contributed by atoms with Gasteiger partial charge in [0.15, 0.2) is 0 Å². The van der Waals surface area contributed by atoms with Crippen LogP contribution in [0.4, 0.5) is 28.4 Å². The lowest BCUT2D eigenvalue weighted by Gasteiger charge is -2.26. The fraction of sp³-hybridized carbons (Fsp3) is 0.0526. The molecule has 1 N–H and O–H groups in total. The minimum Gasteiger partial charge on any atom is -0.355 e. The maximum absolute atomic E-state index is 3.63. The maximum Gasteiger partial charge on any atom is 0.0561 e. The molecule has 22 aromatic rings. The predicted molar refractivity (Wildman–Crippen MR) is 515 cm³/mol. The molecule has 0 fully saturated rings. The molecule has 0 aliphatic heterocycles. The van der Waals surface area contributed by atoms with E-state index in [-0.39, 0.29) is 10.8 Å². The van der Waals surface area contributed by atoms with E-state index in [4.69, 9.17) is 0 Å². The number of halogens is 1. The van der Waals surface area contributed by atoms with E-state index in [2.05, 4.69) is 479 Å². The Morgan fingerprint density at radius 1 is 0.215 bits per heavy atom. The number of rotatable bonds is 11. The van der Waals surface area contributed by atoms with Crippen LogP contribution in [0.1, 0.15) is 49.9 Å². The topological polar surface area (TPSA) is 35.0 Å². The van der Waals surface area contributed by atoms with Gasteiger partial charge in [-0.1, -0.05) is 311 Å². The Balaban J connectivity index is 0.000000121. The number of nitrogens with one attached hydrogen (secondary N) is 1. The zero-order chi connectivity index (χ0) is 81.0. The van der Waals surface area contributed by atoms with Gasteiger partial charge in [0.1, 0.15) is 0 Å². The lowest BCUT2D eigenvalue weighted by molar-refractivity contribution is 0.660. The van der Waals surface area contributed by atoms with Crippen LogP contribution < -0.4 is 10.2 Å². The van der Waals surface area contributed by atoms with E-state index in [0.29, 0.717) is 0 Å². The highest BCUT2D eigenvalue weighted by molar-refractivity contribution is 9.10. The SMILES string of the molecule is CC1(C)c2ccccc2-c2ccc(-n3c4ccccc4c4ccc(-c5cccc(Br)c5)cc43)cc21.CC1(C)c2ccccc2-c2ccc(-n3c4ccccc4c4ccc(-c5cccc(N(c6ccccc6)c6ccc7c8ccccc8n(-c8ccccc8)c7c6)c5)cc43)cc21.c1ccc(Nc2ccc3c4ccccc4n(-c4ccccc4)c3c2)cc1. The minimum atomic E-state index is -0.0838. The molecule has 0 spiro atoms. The first-order valence-electron chi connectivity index (χ1n) is 41.7. The highest BCUT2D eigenvalue weighted by Crippen LogP contribution is 2.53. The van der Waals surface area contributed by atoms with Crippen LogP contribution in [-0.4, -0.2) is 18.3 Å². The summed E-state index contributed by atoms with van der Waals surface area (Å²) >= 11 is 3.63. The van der Waals surface area contributed by atoms with E-state index < -0.39 is 0 Å². The van der Waals surface area contributed by atoms with Crippen LogP contribution in [0.2, 0.25) is 0 Å². The van der Waals surface area contributed by atoms with Crippen LogP contribution in [0, 0.1) is 0 Å². The summed E-state index contributed by atoms with van der Waals surface area (Å²) in [6.07, 6.45) is 0. The van der Waals surface area contributed by atoms with Crippen LogP contribution in [-0.2, 0) is 10.8 Å². The molecular formula is C114H83BrN6. The quantitative estimate of drug-likeness (QED) is 0.140. The van der Waals surface area contributed by atoms with Gasteiger partial charge in [-0.25, -0.2) is 0 Å². The molecule has 0 bridgehead atoms. The van der Waals surface area contributed by atoms with E-state index in [0.717, 1.165) is 44.2 Å². The number of hydrogen-bond acceptors (Lipinski definition) is 2. The number of para-hydroxylation sites is 8. The fourth-order valence-corrected chi connectivity index (χ4v) is 20.0. The van der Waals surface area contributed by atoms with Crippen molar-refractivity contribution in [3.63, 3.8) is 0 Å². The summed E-state index contributed by atoms with van der Waals surface area (Å²) in [7, 11) is 0. The van der Waals surface area contributed by atoms with Crippen molar-refractivity contribution in [2.24, 2.45) is 0 Å². The van der Waals surface area contributed by atoms with E-state index in [1.807, 2.05) is 18.2 Å². The van der Waals surface area contributed by atoms with Crippen molar-refractivity contribution in [3.8, 4) is 67.3 Å². The Morgan fingerprint density at radius 3 is 1.05 bits per heavy atom. The van der Waals surface area contributed by atoms with Gasteiger partial charge >= 0.3 is 0 Å². The van der Waals surface area contributed by atoms with Gasteiger partial charge in [-0.3, -0.25) is 0 Å². The van der Waals surface area contributed by atoms with Gasteiger partial charge in [-0.2, -0.15) is 0 Å². The predicted octanol–water partition coefficient (Wildman–Crippen LogP) is 31.4. The van der Waals surface area contributed by atoms with Crippen LogP contribution in [0.25, 0.3) is 154 Å². The molecule has 18 aromatic carbocycles. The number of benzene rings is 18. The zero-order valence-electron chi connectivity index (χ0n) is 67.5. The smallest absolute Gasteiger partial charge is 0.0561 e. The van der Waals surface area contributed by atoms with Gasteiger partial charge in [-0.15, -0.1) is 0 Å². The number of anilines is 5.